The van der Waals surface area contributed by atoms with Crippen LogP contribution in [0.2, 0.25) is 0 Å². The number of anilines is 2. The van der Waals surface area contributed by atoms with Gasteiger partial charge >= 0.3 is 0 Å². The van der Waals surface area contributed by atoms with Crippen LogP contribution in [0.25, 0.3) is 11.3 Å². The average molecular weight is 577 g/mol. The topological polar surface area (TPSA) is 102 Å². The molecular weight excluding hydrogens is 542 g/mol. The predicted octanol–water partition coefficient (Wildman–Crippen LogP) is 4.95. The van der Waals surface area contributed by atoms with Crippen LogP contribution in [-0.4, -0.2) is 75.8 Å². The molecule has 1 fully saturated rings. The van der Waals surface area contributed by atoms with Gasteiger partial charge in [-0.3, -0.25) is 24.5 Å². The van der Waals surface area contributed by atoms with Gasteiger partial charge in [-0.1, -0.05) is 26.5 Å². The van der Waals surface area contributed by atoms with E-state index in [4.69, 9.17) is 0 Å². The second-order valence-corrected chi connectivity index (χ2v) is 10.4. The summed E-state index contributed by atoms with van der Waals surface area (Å²) in [6, 6.07) is 6.34. The van der Waals surface area contributed by atoms with Crippen molar-refractivity contribution in [3.05, 3.63) is 77.6 Å². The molecule has 3 aromatic rings. The smallest absolute Gasteiger partial charge is 0.246 e. The Kier molecular flexibility index (Phi) is 8.99. The SMILES string of the molecule is C=CC(=O)N1CCN(/C(=N/C)c2cc(F)c(-c3c(O)cccc3F)nc2N(C=O)c2c(C(C)C)ccnc2C)C(C)C1. The Morgan fingerprint density at radius 2 is 1.98 bits per heavy atom. The van der Waals surface area contributed by atoms with Crippen molar-refractivity contribution in [2.45, 2.75) is 39.7 Å². The summed E-state index contributed by atoms with van der Waals surface area (Å²) in [4.78, 5) is 43.4. The standard InChI is InChI=1S/C31H34F2N6O3/c1-7-26(42)37-13-14-38(19(4)16-37)30(34-6)22-15-24(33)28(27-23(32)9-8-10-25(27)41)36-31(22)39(17-40)29-20(5)35-12-11-21(29)18(2)3/h7-12,15,17-19,41H,1,13-14,16H2,2-6H3/b34-30+. The number of piperazine rings is 1. The van der Waals surface area contributed by atoms with Crippen molar-refractivity contribution in [1.82, 2.24) is 19.8 Å². The molecule has 4 rings (SSSR count). The summed E-state index contributed by atoms with van der Waals surface area (Å²) in [7, 11) is 1.54. The molecule has 0 spiro atoms. The number of aliphatic imine (C=N–C) groups is 1. The van der Waals surface area contributed by atoms with E-state index in [0.717, 1.165) is 17.7 Å². The van der Waals surface area contributed by atoms with Gasteiger partial charge in [-0.15, -0.1) is 0 Å². The lowest BCUT2D eigenvalue weighted by atomic mass is 9.99. The first-order chi connectivity index (χ1) is 20.0. The summed E-state index contributed by atoms with van der Waals surface area (Å²) >= 11 is 0. The van der Waals surface area contributed by atoms with Crippen molar-refractivity contribution in [2.24, 2.45) is 4.99 Å². The number of carbonyl (C=O) groups excluding carboxylic acids is 2. The molecule has 42 heavy (non-hydrogen) atoms. The summed E-state index contributed by atoms with van der Waals surface area (Å²) in [6.45, 7) is 12.3. The van der Waals surface area contributed by atoms with Crippen LogP contribution < -0.4 is 4.90 Å². The molecule has 3 heterocycles. The number of rotatable bonds is 7. The van der Waals surface area contributed by atoms with Crippen molar-refractivity contribution in [2.75, 3.05) is 31.6 Å². The summed E-state index contributed by atoms with van der Waals surface area (Å²) in [5.74, 6) is -2.19. The van der Waals surface area contributed by atoms with Gasteiger partial charge in [0.25, 0.3) is 0 Å². The molecule has 1 saturated heterocycles. The monoisotopic (exact) mass is 576 g/mol. The fraction of sp³-hybridized carbons (Fsp3) is 0.323. The van der Waals surface area contributed by atoms with Crippen molar-refractivity contribution >= 4 is 29.7 Å². The highest BCUT2D eigenvalue weighted by Gasteiger charge is 2.33. The first-order valence-electron chi connectivity index (χ1n) is 13.6. The number of amidine groups is 1. The van der Waals surface area contributed by atoms with Crippen LogP contribution in [0, 0.1) is 18.6 Å². The van der Waals surface area contributed by atoms with E-state index in [2.05, 4.69) is 21.5 Å². The maximum absolute atomic E-state index is 15.9. The molecular formula is C31H34F2N6O3. The van der Waals surface area contributed by atoms with Gasteiger partial charge in [-0.2, -0.15) is 0 Å². The molecule has 1 N–H and O–H groups in total. The number of hydrogen-bond donors (Lipinski definition) is 1. The minimum Gasteiger partial charge on any atom is -0.507 e. The summed E-state index contributed by atoms with van der Waals surface area (Å²) < 4.78 is 30.9. The second kappa shape index (κ2) is 12.5. The van der Waals surface area contributed by atoms with Crippen molar-refractivity contribution in [3.63, 3.8) is 0 Å². The number of aromatic nitrogens is 2. The van der Waals surface area contributed by atoms with Crippen molar-refractivity contribution in [1.29, 1.82) is 0 Å². The van der Waals surface area contributed by atoms with Gasteiger partial charge < -0.3 is 14.9 Å². The maximum atomic E-state index is 15.9. The third kappa shape index (κ3) is 5.59. The molecule has 220 valence electrons. The highest BCUT2D eigenvalue weighted by Crippen LogP contribution is 2.39. The Morgan fingerprint density at radius 3 is 2.57 bits per heavy atom. The molecule has 1 atom stereocenters. The second-order valence-electron chi connectivity index (χ2n) is 10.4. The molecule has 1 aliphatic rings. The molecule has 0 radical (unpaired) electrons. The lowest BCUT2D eigenvalue weighted by Gasteiger charge is -2.41. The van der Waals surface area contributed by atoms with Gasteiger partial charge in [-0.05, 0) is 55.7 Å². The normalized spacial score (nSPS) is 15.6. The molecule has 0 saturated carbocycles. The Bertz CT molecular complexity index is 1540. The number of aromatic hydroxyl groups is 1. The summed E-state index contributed by atoms with van der Waals surface area (Å²) in [5.41, 5.74) is 1.06. The summed E-state index contributed by atoms with van der Waals surface area (Å²) in [5, 5.41) is 10.5. The van der Waals surface area contributed by atoms with Crippen LogP contribution in [0.3, 0.4) is 0 Å². The number of phenolic OH excluding ortho intramolecular Hbond substituents is 1. The van der Waals surface area contributed by atoms with Crippen LogP contribution in [0.15, 0.2) is 54.2 Å². The Hall–Kier alpha value is -4.67. The molecule has 0 aliphatic carbocycles. The highest BCUT2D eigenvalue weighted by molar-refractivity contribution is 6.07. The quantitative estimate of drug-likeness (QED) is 0.185. The largest absolute Gasteiger partial charge is 0.507 e. The van der Waals surface area contributed by atoms with Gasteiger partial charge in [0.05, 0.1) is 22.5 Å². The number of amides is 2. The molecule has 1 aliphatic heterocycles. The van der Waals surface area contributed by atoms with Crippen molar-refractivity contribution < 1.29 is 23.5 Å². The third-order valence-corrected chi connectivity index (χ3v) is 7.36. The van der Waals surface area contributed by atoms with E-state index < -0.39 is 28.6 Å². The van der Waals surface area contributed by atoms with Crippen LogP contribution in [0.4, 0.5) is 20.3 Å². The van der Waals surface area contributed by atoms with Crippen LogP contribution >= 0.6 is 0 Å². The number of carbonyl (C=O) groups is 2. The zero-order chi connectivity index (χ0) is 30.7. The van der Waals surface area contributed by atoms with Crippen LogP contribution in [0.5, 0.6) is 5.75 Å². The number of pyridine rings is 2. The molecule has 2 aromatic heterocycles. The number of nitrogens with zero attached hydrogens (tertiary/aromatic N) is 6. The van der Waals surface area contributed by atoms with E-state index in [-0.39, 0.29) is 29.2 Å². The number of benzene rings is 1. The first kappa shape index (κ1) is 30.3. The van der Waals surface area contributed by atoms with Gasteiger partial charge in [0.15, 0.2) is 11.6 Å². The van der Waals surface area contributed by atoms with E-state index in [1.54, 1.807) is 31.1 Å². The molecule has 0 bridgehead atoms. The third-order valence-electron chi connectivity index (χ3n) is 7.36. The van der Waals surface area contributed by atoms with Crippen molar-refractivity contribution in [3.8, 4) is 17.0 Å². The van der Waals surface area contributed by atoms with Crippen LogP contribution in [-0.2, 0) is 9.59 Å². The average Bonchev–Trinajstić information content (AvgIpc) is 2.96. The molecule has 1 aromatic carbocycles. The number of phenols is 1. The number of aryl methyl sites for hydroxylation is 1. The van der Waals surface area contributed by atoms with Gasteiger partial charge in [-0.25, -0.2) is 13.8 Å². The highest BCUT2D eigenvalue weighted by atomic mass is 19.1. The zero-order valence-corrected chi connectivity index (χ0v) is 24.3. The molecule has 1 unspecified atom stereocenters. The van der Waals surface area contributed by atoms with E-state index in [9.17, 15) is 19.1 Å². The molecule has 11 heteroatoms. The number of hydrogen-bond acceptors (Lipinski definition) is 6. The van der Waals surface area contributed by atoms with Gasteiger partial charge in [0.1, 0.15) is 23.1 Å². The number of halogens is 2. The summed E-state index contributed by atoms with van der Waals surface area (Å²) in [6.07, 6.45) is 3.46. The zero-order valence-electron chi connectivity index (χ0n) is 24.3. The maximum Gasteiger partial charge on any atom is 0.246 e. The molecule has 2 amide bonds. The van der Waals surface area contributed by atoms with E-state index in [1.807, 2.05) is 25.7 Å². The lowest BCUT2D eigenvalue weighted by molar-refractivity contribution is -0.128. The fourth-order valence-electron chi connectivity index (χ4n) is 5.32. The van der Waals surface area contributed by atoms with E-state index in [0.29, 0.717) is 43.3 Å². The lowest BCUT2D eigenvalue weighted by Crippen LogP contribution is -2.55. The Labute approximate surface area is 243 Å². The van der Waals surface area contributed by atoms with E-state index in [1.165, 1.54) is 23.1 Å². The predicted molar refractivity (Wildman–Crippen MR) is 158 cm³/mol. The molecule has 9 nitrogen and oxygen atoms in total. The van der Waals surface area contributed by atoms with Gasteiger partial charge in [0, 0.05) is 38.9 Å². The minimum absolute atomic E-state index is 0.0144. The minimum atomic E-state index is -0.915. The first-order valence-corrected chi connectivity index (χ1v) is 13.6. The fourth-order valence-corrected chi connectivity index (χ4v) is 5.32. The Morgan fingerprint density at radius 1 is 1.24 bits per heavy atom. The van der Waals surface area contributed by atoms with Crippen LogP contribution in [0.1, 0.15) is 43.5 Å². The van der Waals surface area contributed by atoms with Gasteiger partial charge in [0.2, 0.25) is 12.3 Å². The van der Waals surface area contributed by atoms with E-state index >= 15 is 4.39 Å². The Balaban J connectivity index is 1.98.